The largest absolute Gasteiger partial charge is 0.498 e. The van der Waals surface area contributed by atoms with E-state index >= 15 is 0 Å². The zero-order valence-corrected chi connectivity index (χ0v) is 20.8. The highest BCUT2D eigenvalue weighted by Gasteiger charge is 2.31. The van der Waals surface area contributed by atoms with Gasteiger partial charge >= 0.3 is 0 Å². The number of hydrogen-bond donors (Lipinski definition) is 0. The molecule has 0 aromatic rings. The standard InChI is InChI=1S/C23H38F2O3.C3H8/c1-5-7-17-8-10-19(11-9-17)20-12-13-21(28-15-20)27-14-18(6-2)23(25)22(24)16(3)26-4;1-3-2/h17,19-21H,5-15H2,1-4H3;3H2,1-2H3/b22-16-,23-18-;. The van der Waals surface area contributed by atoms with Gasteiger partial charge in [-0.25, -0.2) is 8.78 Å². The van der Waals surface area contributed by atoms with Gasteiger partial charge < -0.3 is 14.2 Å². The Labute approximate surface area is 189 Å². The molecule has 0 amide bonds. The van der Waals surface area contributed by atoms with Crippen molar-refractivity contribution >= 4 is 0 Å². The first-order chi connectivity index (χ1) is 14.9. The van der Waals surface area contributed by atoms with E-state index in [1.165, 1.54) is 59.0 Å². The van der Waals surface area contributed by atoms with Gasteiger partial charge in [-0.3, -0.25) is 0 Å². The lowest BCUT2D eigenvalue weighted by molar-refractivity contribution is -0.177. The number of allylic oxidation sites excluding steroid dienone is 3. The lowest BCUT2D eigenvalue weighted by atomic mass is 9.73. The molecule has 1 saturated carbocycles. The highest BCUT2D eigenvalue weighted by atomic mass is 19.2. The highest BCUT2D eigenvalue weighted by Crippen LogP contribution is 2.39. The molecule has 0 spiro atoms. The van der Waals surface area contributed by atoms with Crippen molar-refractivity contribution in [3.63, 3.8) is 0 Å². The minimum absolute atomic E-state index is 0.0458. The Balaban J connectivity index is 0.00000151. The summed E-state index contributed by atoms with van der Waals surface area (Å²) in [6.45, 7) is 10.5. The maximum absolute atomic E-state index is 14.3. The summed E-state index contributed by atoms with van der Waals surface area (Å²) >= 11 is 0. The molecular weight excluding hydrogens is 398 g/mol. The van der Waals surface area contributed by atoms with Gasteiger partial charge in [-0.2, -0.15) is 0 Å². The lowest BCUT2D eigenvalue weighted by Crippen LogP contribution is -2.34. The van der Waals surface area contributed by atoms with Gasteiger partial charge in [-0.05, 0) is 62.4 Å². The summed E-state index contributed by atoms with van der Waals surface area (Å²) in [5.41, 5.74) is 0.300. The molecular formula is C26H46F2O3. The molecule has 2 aliphatic rings. The van der Waals surface area contributed by atoms with Crippen LogP contribution in [0, 0.1) is 17.8 Å². The first-order valence-electron chi connectivity index (χ1n) is 12.4. The van der Waals surface area contributed by atoms with E-state index in [2.05, 4.69) is 20.8 Å². The topological polar surface area (TPSA) is 27.7 Å². The third-order valence-corrected chi connectivity index (χ3v) is 6.51. The van der Waals surface area contributed by atoms with Gasteiger partial charge in [0.25, 0.3) is 0 Å². The van der Waals surface area contributed by atoms with E-state index in [-0.39, 0.29) is 18.7 Å². The first-order valence-corrected chi connectivity index (χ1v) is 12.4. The smallest absolute Gasteiger partial charge is 0.196 e. The summed E-state index contributed by atoms with van der Waals surface area (Å²) in [7, 11) is 1.33. The normalized spacial score (nSPS) is 28.1. The Kier molecular flexibility index (Phi) is 14.3. The number of hydrogen-bond acceptors (Lipinski definition) is 3. The molecule has 0 aromatic carbocycles. The van der Waals surface area contributed by atoms with Gasteiger partial charge in [0.05, 0.1) is 20.3 Å². The maximum Gasteiger partial charge on any atom is 0.196 e. The maximum atomic E-state index is 14.3. The molecule has 182 valence electrons. The molecule has 0 radical (unpaired) electrons. The summed E-state index contributed by atoms with van der Waals surface area (Å²) < 4.78 is 44.7. The van der Waals surface area contributed by atoms with Gasteiger partial charge in [0, 0.05) is 0 Å². The highest BCUT2D eigenvalue weighted by molar-refractivity contribution is 5.27. The Bertz CT molecular complexity index is 543. The van der Waals surface area contributed by atoms with Crippen molar-refractivity contribution in [2.45, 2.75) is 105 Å². The average molecular weight is 445 g/mol. The fourth-order valence-electron chi connectivity index (χ4n) is 4.52. The zero-order valence-electron chi connectivity index (χ0n) is 20.8. The van der Waals surface area contributed by atoms with Crippen molar-refractivity contribution in [1.82, 2.24) is 0 Å². The summed E-state index contributed by atoms with van der Waals surface area (Å²) in [5, 5.41) is 0. The van der Waals surface area contributed by atoms with Crippen LogP contribution in [0.5, 0.6) is 0 Å². The molecule has 2 rings (SSSR count). The average Bonchev–Trinajstić information content (AvgIpc) is 2.80. The summed E-state index contributed by atoms with van der Waals surface area (Å²) in [6.07, 6.45) is 11.3. The Hall–Kier alpha value is -0.940. The van der Waals surface area contributed by atoms with Crippen molar-refractivity contribution in [2.24, 2.45) is 17.8 Å². The number of methoxy groups -OCH3 is 1. The fourth-order valence-corrected chi connectivity index (χ4v) is 4.52. The van der Waals surface area contributed by atoms with Gasteiger partial charge in [0.2, 0.25) is 0 Å². The Morgan fingerprint density at radius 3 is 2.00 bits per heavy atom. The van der Waals surface area contributed by atoms with E-state index in [0.717, 1.165) is 31.3 Å². The Morgan fingerprint density at radius 2 is 1.52 bits per heavy atom. The van der Waals surface area contributed by atoms with Crippen LogP contribution >= 0.6 is 0 Å². The van der Waals surface area contributed by atoms with E-state index in [1.54, 1.807) is 6.92 Å². The molecule has 0 N–H and O–H groups in total. The predicted octanol–water partition coefficient (Wildman–Crippen LogP) is 8.26. The van der Waals surface area contributed by atoms with Crippen LogP contribution in [0.15, 0.2) is 23.0 Å². The van der Waals surface area contributed by atoms with Gasteiger partial charge in [0.15, 0.2) is 17.9 Å². The second-order valence-electron chi connectivity index (χ2n) is 9.03. The third kappa shape index (κ3) is 9.61. The predicted molar refractivity (Wildman–Crippen MR) is 124 cm³/mol. The van der Waals surface area contributed by atoms with Crippen LogP contribution in [0.4, 0.5) is 8.78 Å². The third-order valence-electron chi connectivity index (χ3n) is 6.51. The van der Waals surface area contributed by atoms with Gasteiger partial charge in [-0.1, -0.05) is 59.8 Å². The SMILES string of the molecule is CCC.CCCC1CCC(C2CCC(OC/C(CC)=C(F)/C(F)=C(\C)OC)OC2)CC1. The monoisotopic (exact) mass is 444 g/mol. The van der Waals surface area contributed by atoms with Crippen LogP contribution in [0.2, 0.25) is 0 Å². The van der Waals surface area contributed by atoms with Gasteiger partial charge in [0.1, 0.15) is 5.76 Å². The van der Waals surface area contributed by atoms with Crippen LogP contribution in [0.1, 0.15) is 98.8 Å². The second kappa shape index (κ2) is 15.8. The fraction of sp³-hybridized carbons (Fsp3) is 0.846. The molecule has 2 atom stereocenters. The van der Waals surface area contributed by atoms with Crippen molar-refractivity contribution in [3.8, 4) is 0 Å². The van der Waals surface area contributed by atoms with Crippen molar-refractivity contribution in [2.75, 3.05) is 20.3 Å². The molecule has 3 nitrogen and oxygen atoms in total. The first kappa shape index (κ1) is 28.1. The molecule has 0 aromatic heterocycles. The molecule has 1 aliphatic heterocycles. The van der Waals surface area contributed by atoms with Crippen LogP contribution in [0.25, 0.3) is 0 Å². The number of rotatable bonds is 9. The molecule has 31 heavy (non-hydrogen) atoms. The number of halogens is 2. The van der Waals surface area contributed by atoms with Crippen LogP contribution in [-0.4, -0.2) is 26.6 Å². The molecule has 1 saturated heterocycles. The minimum Gasteiger partial charge on any atom is -0.498 e. The van der Waals surface area contributed by atoms with Crippen LogP contribution in [-0.2, 0) is 14.2 Å². The van der Waals surface area contributed by atoms with E-state index < -0.39 is 11.7 Å². The van der Waals surface area contributed by atoms with Crippen molar-refractivity contribution in [1.29, 1.82) is 0 Å². The number of ether oxygens (including phenoxy) is 3. The van der Waals surface area contributed by atoms with Crippen molar-refractivity contribution < 1.29 is 23.0 Å². The van der Waals surface area contributed by atoms with E-state index in [9.17, 15) is 8.78 Å². The molecule has 1 aliphatic carbocycles. The Morgan fingerprint density at radius 1 is 0.903 bits per heavy atom. The second-order valence-corrected chi connectivity index (χ2v) is 9.03. The quantitative estimate of drug-likeness (QED) is 0.265. The molecule has 2 unspecified atom stereocenters. The molecule has 1 heterocycles. The van der Waals surface area contributed by atoms with E-state index in [0.29, 0.717) is 17.9 Å². The molecule has 2 fully saturated rings. The van der Waals surface area contributed by atoms with E-state index in [1.807, 2.05) is 0 Å². The zero-order chi connectivity index (χ0) is 23.2. The van der Waals surface area contributed by atoms with Crippen LogP contribution < -0.4 is 0 Å². The van der Waals surface area contributed by atoms with Crippen LogP contribution in [0.3, 0.4) is 0 Å². The molecule has 0 bridgehead atoms. The lowest BCUT2D eigenvalue weighted by Gasteiger charge is -2.37. The molecule has 5 heteroatoms. The summed E-state index contributed by atoms with van der Waals surface area (Å²) in [6, 6.07) is 0. The minimum atomic E-state index is -0.953. The van der Waals surface area contributed by atoms with Gasteiger partial charge in [-0.15, -0.1) is 0 Å². The van der Waals surface area contributed by atoms with Crippen molar-refractivity contribution in [3.05, 3.63) is 23.0 Å². The summed E-state index contributed by atoms with van der Waals surface area (Å²) in [4.78, 5) is 0. The van der Waals surface area contributed by atoms with E-state index in [4.69, 9.17) is 14.2 Å². The summed E-state index contributed by atoms with van der Waals surface area (Å²) in [5.74, 6) is 0.422.